The van der Waals surface area contributed by atoms with Crippen molar-refractivity contribution in [2.24, 2.45) is 5.92 Å². The lowest BCUT2D eigenvalue weighted by Crippen LogP contribution is -2.37. The smallest absolute Gasteiger partial charge is 0.353 e. The van der Waals surface area contributed by atoms with Gasteiger partial charge in [-0.25, -0.2) is 9.97 Å². The van der Waals surface area contributed by atoms with Crippen LogP contribution in [0.15, 0.2) is 6.33 Å². The molecule has 2 N–H and O–H groups in total. The number of hydrogen-bond acceptors (Lipinski definition) is 8. The Balaban J connectivity index is 1.75. The number of aliphatic carboxylic acids is 1. The summed E-state index contributed by atoms with van der Waals surface area (Å²) in [6.07, 6.45) is 4.11. The van der Waals surface area contributed by atoms with Gasteiger partial charge in [-0.05, 0) is 25.7 Å². The number of carboxylic acid groups (broad SMARTS) is 1. The van der Waals surface area contributed by atoms with Gasteiger partial charge in [0.05, 0.1) is 16.9 Å². The SMILES string of the molecule is O=C(O)C1CCN(c2ncnc(NCC3CCCO3)c2[N+](=O)[O-])CC1. The number of nitrogens with one attached hydrogen (secondary N) is 1. The van der Waals surface area contributed by atoms with Gasteiger partial charge in [-0.1, -0.05) is 0 Å². The number of carbonyl (C=O) groups is 1. The van der Waals surface area contributed by atoms with Crippen LogP contribution in [0.5, 0.6) is 0 Å². The zero-order valence-corrected chi connectivity index (χ0v) is 13.8. The summed E-state index contributed by atoms with van der Waals surface area (Å²) >= 11 is 0. The predicted octanol–water partition coefficient (Wildman–Crippen LogP) is 1.28. The maximum atomic E-state index is 11.6. The van der Waals surface area contributed by atoms with E-state index in [0.29, 0.717) is 39.1 Å². The van der Waals surface area contributed by atoms with Crippen molar-refractivity contribution in [3.8, 4) is 0 Å². The minimum atomic E-state index is -0.823. The molecular weight excluding hydrogens is 330 g/mol. The molecule has 0 aromatic carbocycles. The van der Waals surface area contributed by atoms with Crippen LogP contribution >= 0.6 is 0 Å². The number of rotatable bonds is 6. The Bertz CT molecular complexity index is 641. The summed E-state index contributed by atoms with van der Waals surface area (Å²) in [6.45, 7) is 2.00. The number of ether oxygens (including phenoxy) is 1. The van der Waals surface area contributed by atoms with Crippen LogP contribution in [0.25, 0.3) is 0 Å². The minimum absolute atomic E-state index is 0.0318. The van der Waals surface area contributed by atoms with E-state index in [4.69, 9.17) is 9.84 Å². The predicted molar refractivity (Wildman–Crippen MR) is 88.7 cm³/mol. The molecule has 1 aromatic rings. The topological polar surface area (TPSA) is 131 Å². The molecule has 3 rings (SSSR count). The lowest BCUT2D eigenvalue weighted by molar-refractivity contribution is -0.383. The van der Waals surface area contributed by atoms with Crippen molar-refractivity contribution in [1.29, 1.82) is 0 Å². The number of hydrogen-bond donors (Lipinski definition) is 2. The van der Waals surface area contributed by atoms with Gasteiger partial charge in [0.25, 0.3) is 0 Å². The summed E-state index contributed by atoms with van der Waals surface area (Å²) in [5.74, 6) is -0.824. The molecule has 1 unspecified atom stereocenters. The highest BCUT2D eigenvalue weighted by atomic mass is 16.6. The van der Waals surface area contributed by atoms with E-state index in [1.807, 2.05) is 0 Å². The van der Waals surface area contributed by atoms with Crippen LogP contribution in [0.3, 0.4) is 0 Å². The number of piperidine rings is 1. The zero-order valence-electron chi connectivity index (χ0n) is 13.8. The molecule has 0 radical (unpaired) electrons. The Morgan fingerprint density at radius 2 is 2.16 bits per heavy atom. The second-order valence-corrected chi connectivity index (χ2v) is 6.27. The number of carboxylic acids is 1. The van der Waals surface area contributed by atoms with Crippen molar-refractivity contribution in [3.63, 3.8) is 0 Å². The van der Waals surface area contributed by atoms with Crippen LogP contribution < -0.4 is 10.2 Å². The molecule has 10 nitrogen and oxygen atoms in total. The molecule has 0 saturated carbocycles. The van der Waals surface area contributed by atoms with Crippen LogP contribution in [0.4, 0.5) is 17.3 Å². The van der Waals surface area contributed by atoms with E-state index in [-0.39, 0.29) is 23.4 Å². The molecule has 136 valence electrons. The maximum absolute atomic E-state index is 11.6. The van der Waals surface area contributed by atoms with Gasteiger partial charge in [-0.15, -0.1) is 0 Å². The summed E-state index contributed by atoms with van der Waals surface area (Å²) in [6, 6.07) is 0. The van der Waals surface area contributed by atoms with Gasteiger partial charge >= 0.3 is 11.7 Å². The number of nitro groups is 1. The fraction of sp³-hybridized carbons (Fsp3) is 0.667. The van der Waals surface area contributed by atoms with E-state index in [2.05, 4.69) is 15.3 Å². The largest absolute Gasteiger partial charge is 0.481 e. The van der Waals surface area contributed by atoms with Crippen molar-refractivity contribution >= 4 is 23.3 Å². The lowest BCUT2D eigenvalue weighted by atomic mass is 9.97. The van der Waals surface area contributed by atoms with Crippen LogP contribution in [-0.2, 0) is 9.53 Å². The van der Waals surface area contributed by atoms with Crippen LogP contribution in [-0.4, -0.2) is 58.3 Å². The summed E-state index contributed by atoms with van der Waals surface area (Å²) in [5.41, 5.74) is -0.172. The Hall–Kier alpha value is -2.49. The van der Waals surface area contributed by atoms with Crippen molar-refractivity contribution < 1.29 is 19.6 Å². The van der Waals surface area contributed by atoms with E-state index in [1.54, 1.807) is 4.90 Å². The molecule has 0 spiro atoms. The molecule has 10 heteroatoms. The van der Waals surface area contributed by atoms with E-state index >= 15 is 0 Å². The molecule has 1 aromatic heterocycles. The summed E-state index contributed by atoms with van der Waals surface area (Å²) in [4.78, 5) is 32.0. The minimum Gasteiger partial charge on any atom is -0.481 e. The quantitative estimate of drug-likeness (QED) is 0.574. The van der Waals surface area contributed by atoms with E-state index in [9.17, 15) is 14.9 Å². The Kier molecular flexibility index (Phi) is 5.27. The fourth-order valence-electron chi connectivity index (χ4n) is 3.25. The Labute approximate surface area is 144 Å². The molecular formula is C15H21N5O5. The highest BCUT2D eigenvalue weighted by molar-refractivity contribution is 5.72. The molecule has 0 aliphatic carbocycles. The van der Waals surface area contributed by atoms with Gasteiger partial charge in [0.2, 0.25) is 11.6 Å². The third-order valence-electron chi connectivity index (χ3n) is 4.65. The highest BCUT2D eigenvalue weighted by Gasteiger charge is 2.31. The Morgan fingerprint density at radius 1 is 1.40 bits per heavy atom. The first-order valence-corrected chi connectivity index (χ1v) is 8.39. The van der Waals surface area contributed by atoms with Gasteiger partial charge in [-0.2, -0.15) is 0 Å². The second-order valence-electron chi connectivity index (χ2n) is 6.27. The van der Waals surface area contributed by atoms with Crippen LogP contribution in [0, 0.1) is 16.0 Å². The van der Waals surface area contributed by atoms with Gasteiger partial charge < -0.3 is 20.1 Å². The van der Waals surface area contributed by atoms with Gasteiger partial charge in [0.1, 0.15) is 6.33 Å². The zero-order chi connectivity index (χ0) is 17.8. The average molecular weight is 351 g/mol. The number of aromatic nitrogens is 2. The summed E-state index contributed by atoms with van der Waals surface area (Å²) in [7, 11) is 0. The molecule has 2 saturated heterocycles. The van der Waals surface area contributed by atoms with Gasteiger partial charge in [0.15, 0.2) is 0 Å². The third-order valence-corrected chi connectivity index (χ3v) is 4.65. The van der Waals surface area contributed by atoms with E-state index in [0.717, 1.165) is 12.8 Å². The summed E-state index contributed by atoms with van der Waals surface area (Å²) < 4.78 is 5.51. The number of anilines is 2. The molecule has 2 aliphatic rings. The molecule has 1 atom stereocenters. The van der Waals surface area contributed by atoms with E-state index in [1.165, 1.54) is 6.33 Å². The highest BCUT2D eigenvalue weighted by Crippen LogP contribution is 2.34. The first-order valence-electron chi connectivity index (χ1n) is 8.39. The fourth-order valence-corrected chi connectivity index (χ4v) is 3.25. The van der Waals surface area contributed by atoms with Crippen molar-refractivity contribution in [1.82, 2.24) is 9.97 Å². The monoisotopic (exact) mass is 351 g/mol. The van der Waals surface area contributed by atoms with Crippen molar-refractivity contribution in [2.45, 2.75) is 31.8 Å². The third kappa shape index (κ3) is 3.95. The van der Waals surface area contributed by atoms with Gasteiger partial charge in [0, 0.05) is 26.2 Å². The van der Waals surface area contributed by atoms with Crippen molar-refractivity contribution in [3.05, 3.63) is 16.4 Å². The normalized spacial score (nSPS) is 21.3. The molecule has 3 heterocycles. The molecule has 2 aliphatic heterocycles. The maximum Gasteiger partial charge on any atom is 0.353 e. The van der Waals surface area contributed by atoms with E-state index < -0.39 is 16.8 Å². The molecule has 2 fully saturated rings. The van der Waals surface area contributed by atoms with Crippen molar-refractivity contribution in [2.75, 3.05) is 36.5 Å². The van der Waals surface area contributed by atoms with Crippen LogP contribution in [0.2, 0.25) is 0 Å². The Morgan fingerprint density at radius 3 is 2.76 bits per heavy atom. The lowest BCUT2D eigenvalue weighted by Gasteiger charge is -2.30. The molecule has 25 heavy (non-hydrogen) atoms. The first-order chi connectivity index (χ1) is 12.1. The molecule has 0 bridgehead atoms. The standard InChI is InChI=1S/C15H21N5O5/c21-15(22)10-3-5-19(6-4-10)14-12(20(23)24)13(17-9-18-14)16-8-11-2-1-7-25-11/h9-11H,1-8H2,(H,21,22)(H,16,17,18). The second kappa shape index (κ2) is 7.60. The average Bonchev–Trinajstić information content (AvgIpc) is 3.13. The number of nitrogens with zero attached hydrogens (tertiary/aromatic N) is 4. The van der Waals surface area contributed by atoms with Crippen LogP contribution in [0.1, 0.15) is 25.7 Å². The molecule has 0 amide bonds. The summed E-state index contributed by atoms with van der Waals surface area (Å²) in [5, 5.41) is 23.7. The first kappa shape index (κ1) is 17.3. The van der Waals surface area contributed by atoms with Gasteiger partial charge in [-0.3, -0.25) is 14.9 Å².